The molecule has 3 heteroatoms. The highest BCUT2D eigenvalue weighted by Crippen LogP contribution is 2.31. The molecule has 3 nitrogen and oxygen atoms in total. The molecule has 164 valence electrons. The van der Waals surface area contributed by atoms with E-state index in [0.717, 1.165) is 46.2 Å². The van der Waals surface area contributed by atoms with Gasteiger partial charge in [-0.1, -0.05) is 63.2 Å². The van der Waals surface area contributed by atoms with Gasteiger partial charge in [0.25, 0.3) is 0 Å². The molecule has 0 atom stereocenters. The van der Waals surface area contributed by atoms with Crippen LogP contribution in [0.5, 0.6) is 5.75 Å². The summed E-state index contributed by atoms with van der Waals surface area (Å²) in [6, 6.07) is 23.5. The molecule has 32 heavy (non-hydrogen) atoms. The SMILES string of the molecule is CCOc1cccc(-c2ccc3c(c2)c(CC=O)cn3Cc2ccc(C(C)(C)C)cc2)c1. The van der Waals surface area contributed by atoms with Crippen molar-refractivity contribution in [1.29, 1.82) is 0 Å². The molecular formula is C29H31NO2. The van der Waals surface area contributed by atoms with E-state index in [1.54, 1.807) is 0 Å². The van der Waals surface area contributed by atoms with Gasteiger partial charge in [0.15, 0.2) is 0 Å². The third-order valence-corrected chi connectivity index (χ3v) is 5.92. The molecule has 4 rings (SSSR count). The Labute approximate surface area is 190 Å². The lowest BCUT2D eigenvalue weighted by Gasteiger charge is -2.19. The van der Waals surface area contributed by atoms with Gasteiger partial charge in [-0.2, -0.15) is 0 Å². The highest BCUT2D eigenvalue weighted by atomic mass is 16.5. The van der Waals surface area contributed by atoms with Gasteiger partial charge in [0.1, 0.15) is 12.0 Å². The van der Waals surface area contributed by atoms with Gasteiger partial charge in [-0.05, 0) is 64.4 Å². The third kappa shape index (κ3) is 4.62. The van der Waals surface area contributed by atoms with Crippen molar-refractivity contribution in [3.63, 3.8) is 0 Å². The maximum Gasteiger partial charge on any atom is 0.124 e. The van der Waals surface area contributed by atoms with E-state index in [0.29, 0.717) is 13.0 Å². The minimum atomic E-state index is 0.145. The van der Waals surface area contributed by atoms with Crippen LogP contribution in [0.2, 0.25) is 0 Å². The molecule has 0 aliphatic heterocycles. The molecule has 0 radical (unpaired) electrons. The first kappa shape index (κ1) is 21.9. The van der Waals surface area contributed by atoms with Gasteiger partial charge < -0.3 is 14.1 Å². The van der Waals surface area contributed by atoms with Crippen molar-refractivity contribution in [2.75, 3.05) is 6.61 Å². The van der Waals surface area contributed by atoms with E-state index < -0.39 is 0 Å². The lowest BCUT2D eigenvalue weighted by Crippen LogP contribution is -2.11. The van der Waals surface area contributed by atoms with Crippen LogP contribution in [-0.2, 0) is 23.2 Å². The fourth-order valence-electron chi connectivity index (χ4n) is 4.17. The van der Waals surface area contributed by atoms with E-state index in [2.05, 4.69) is 86.1 Å². The minimum absolute atomic E-state index is 0.145. The molecule has 0 saturated heterocycles. The Morgan fingerprint density at radius 1 is 0.938 bits per heavy atom. The normalized spacial score (nSPS) is 11.6. The summed E-state index contributed by atoms with van der Waals surface area (Å²) in [4.78, 5) is 11.4. The molecule has 0 amide bonds. The second-order valence-corrected chi connectivity index (χ2v) is 9.29. The second kappa shape index (κ2) is 9.04. The fourth-order valence-corrected chi connectivity index (χ4v) is 4.17. The monoisotopic (exact) mass is 425 g/mol. The first-order chi connectivity index (χ1) is 15.4. The second-order valence-electron chi connectivity index (χ2n) is 9.29. The lowest BCUT2D eigenvalue weighted by atomic mass is 9.87. The van der Waals surface area contributed by atoms with E-state index in [1.165, 1.54) is 11.1 Å². The first-order valence-corrected chi connectivity index (χ1v) is 11.3. The van der Waals surface area contributed by atoms with Crippen molar-refractivity contribution < 1.29 is 9.53 Å². The van der Waals surface area contributed by atoms with Crippen molar-refractivity contribution in [3.8, 4) is 16.9 Å². The molecule has 0 fully saturated rings. The first-order valence-electron chi connectivity index (χ1n) is 11.3. The summed E-state index contributed by atoms with van der Waals surface area (Å²) < 4.78 is 7.92. The molecule has 0 unspecified atom stereocenters. The van der Waals surface area contributed by atoms with Crippen LogP contribution in [-0.4, -0.2) is 17.5 Å². The Morgan fingerprint density at radius 3 is 2.38 bits per heavy atom. The van der Waals surface area contributed by atoms with E-state index in [4.69, 9.17) is 4.74 Å². The molecule has 0 aliphatic carbocycles. The van der Waals surface area contributed by atoms with Crippen LogP contribution in [0.15, 0.2) is 72.9 Å². The van der Waals surface area contributed by atoms with Crippen molar-refractivity contribution in [1.82, 2.24) is 4.57 Å². The number of carbonyl (C=O) groups is 1. The van der Waals surface area contributed by atoms with Gasteiger partial charge >= 0.3 is 0 Å². The van der Waals surface area contributed by atoms with Crippen LogP contribution in [0.3, 0.4) is 0 Å². The average molecular weight is 426 g/mol. The molecule has 0 bridgehead atoms. The molecule has 0 saturated carbocycles. The quantitative estimate of drug-likeness (QED) is 0.305. The van der Waals surface area contributed by atoms with Crippen LogP contribution < -0.4 is 4.74 Å². The smallest absolute Gasteiger partial charge is 0.124 e. The van der Waals surface area contributed by atoms with E-state index in [-0.39, 0.29) is 5.41 Å². The van der Waals surface area contributed by atoms with Crippen LogP contribution >= 0.6 is 0 Å². The van der Waals surface area contributed by atoms with Crippen molar-refractivity contribution >= 4 is 17.2 Å². The molecule has 0 N–H and O–H groups in total. The minimum Gasteiger partial charge on any atom is -0.494 e. The number of hydrogen-bond donors (Lipinski definition) is 0. The largest absolute Gasteiger partial charge is 0.494 e. The molecule has 0 spiro atoms. The molecule has 1 aromatic heterocycles. The number of carbonyl (C=O) groups excluding carboxylic acids is 1. The summed E-state index contributed by atoms with van der Waals surface area (Å²) in [6.45, 7) is 10.1. The van der Waals surface area contributed by atoms with Crippen LogP contribution in [0.4, 0.5) is 0 Å². The maximum absolute atomic E-state index is 11.4. The number of ether oxygens (including phenoxy) is 1. The van der Waals surface area contributed by atoms with Gasteiger partial charge in [0.2, 0.25) is 0 Å². The van der Waals surface area contributed by atoms with Crippen LogP contribution in [0.25, 0.3) is 22.0 Å². The summed E-state index contributed by atoms with van der Waals surface area (Å²) in [5, 5.41) is 1.13. The lowest BCUT2D eigenvalue weighted by molar-refractivity contribution is -0.107. The zero-order chi connectivity index (χ0) is 22.7. The zero-order valence-electron chi connectivity index (χ0n) is 19.4. The Kier molecular flexibility index (Phi) is 6.18. The van der Waals surface area contributed by atoms with Crippen LogP contribution in [0, 0.1) is 0 Å². The van der Waals surface area contributed by atoms with Gasteiger partial charge in [0.05, 0.1) is 6.61 Å². The molecule has 3 aromatic carbocycles. The van der Waals surface area contributed by atoms with E-state index in [9.17, 15) is 4.79 Å². The third-order valence-electron chi connectivity index (χ3n) is 5.92. The summed E-state index contributed by atoms with van der Waals surface area (Å²) in [7, 11) is 0. The molecule has 4 aromatic rings. The highest BCUT2D eigenvalue weighted by molar-refractivity contribution is 5.90. The van der Waals surface area contributed by atoms with Crippen molar-refractivity contribution in [2.24, 2.45) is 0 Å². The molecule has 1 heterocycles. The summed E-state index contributed by atoms with van der Waals surface area (Å²) in [5.41, 5.74) is 7.17. The van der Waals surface area contributed by atoms with Crippen LogP contribution in [0.1, 0.15) is 44.4 Å². The van der Waals surface area contributed by atoms with Crippen molar-refractivity contribution in [2.45, 2.75) is 46.1 Å². The van der Waals surface area contributed by atoms with E-state index in [1.807, 2.05) is 19.1 Å². The standard InChI is InChI=1S/C29H31NO2/c1-5-32-26-8-6-7-22(17-26)23-11-14-28-27(18-23)24(15-16-31)20-30(28)19-21-9-12-25(13-10-21)29(2,3)4/h6-14,16-18,20H,5,15,19H2,1-4H3. The summed E-state index contributed by atoms with van der Waals surface area (Å²) in [6.07, 6.45) is 3.52. The Morgan fingerprint density at radius 2 is 1.69 bits per heavy atom. The molecule has 0 aliphatic rings. The van der Waals surface area contributed by atoms with Gasteiger partial charge in [-0.15, -0.1) is 0 Å². The molecular weight excluding hydrogens is 394 g/mol. The fraction of sp³-hybridized carbons (Fsp3) is 0.276. The summed E-state index contributed by atoms with van der Waals surface area (Å²) >= 11 is 0. The highest BCUT2D eigenvalue weighted by Gasteiger charge is 2.14. The average Bonchev–Trinajstić information content (AvgIpc) is 3.11. The number of nitrogens with zero attached hydrogens (tertiary/aromatic N) is 1. The number of hydrogen-bond acceptors (Lipinski definition) is 2. The maximum atomic E-state index is 11.4. The number of rotatable bonds is 7. The topological polar surface area (TPSA) is 31.2 Å². The number of aromatic nitrogens is 1. The predicted octanol–water partition coefficient (Wildman–Crippen LogP) is 6.79. The Bertz CT molecular complexity index is 1230. The number of fused-ring (bicyclic) bond motifs is 1. The number of benzene rings is 3. The van der Waals surface area contributed by atoms with Crippen molar-refractivity contribution in [3.05, 3.63) is 89.6 Å². The van der Waals surface area contributed by atoms with Gasteiger partial charge in [0, 0.05) is 30.1 Å². The van der Waals surface area contributed by atoms with Gasteiger partial charge in [-0.25, -0.2) is 0 Å². The zero-order valence-corrected chi connectivity index (χ0v) is 19.4. The van der Waals surface area contributed by atoms with E-state index >= 15 is 0 Å². The summed E-state index contributed by atoms with van der Waals surface area (Å²) in [5.74, 6) is 0.870. The number of aldehydes is 1. The predicted molar refractivity (Wildman–Crippen MR) is 133 cm³/mol. The Hall–Kier alpha value is -3.33. The Balaban J connectivity index is 1.70. The van der Waals surface area contributed by atoms with Gasteiger partial charge in [-0.3, -0.25) is 0 Å².